The molecule has 4 rings (SSSR count). The number of sulfonamides is 1. The average molecular weight is 381 g/mol. The Kier molecular flexibility index (Phi) is 4.04. The van der Waals surface area contributed by atoms with Crippen molar-refractivity contribution in [3.05, 3.63) is 60.7 Å². The third-order valence-electron chi connectivity index (χ3n) is 4.64. The number of amides is 1. The highest BCUT2D eigenvalue weighted by Crippen LogP contribution is 2.41. The van der Waals surface area contributed by atoms with Gasteiger partial charge in [-0.15, -0.1) is 0 Å². The zero-order valence-corrected chi connectivity index (χ0v) is 15.8. The first-order valence-electron chi connectivity index (χ1n) is 8.49. The lowest BCUT2D eigenvalue weighted by Gasteiger charge is -2.18. The van der Waals surface area contributed by atoms with Crippen molar-refractivity contribution in [1.29, 1.82) is 0 Å². The predicted octanol–water partition coefficient (Wildman–Crippen LogP) is 3.05. The normalized spacial score (nSPS) is 14.4. The molecule has 0 bridgehead atoms. The highest BCUT2D eigenvalue weighted by atomic mass is 32.2. The molecule has 1 aliphatic rings. The van der Waals surface area contributed by atoms with Gasteiger partial charge in [0.25, 0.3) is 10.0 Å². The molecule has 138 valence electrons. The van der Waals surface area contributed by atoms with E-state index in [-0.39, 0.29) is 17.3 Å². The Labute approximate surface area is 158 Å². The standard InChI is InChI=1S/C20H19N3O3S/c1-22(2)16-11-9-15(10-12-16)21-19(24)13-23-17-7-3-5-14-6-4-8-18(20(14)17)27(23,25)26/h3-12H,13H2,1-2H3,(H,21,24). The summed E-state index contributed by atoms with van der Waals surface area (Å²) in [5.41, 5.74) is 2.18. The number of hydrogen-bond donors (Lipinski definition) is 1. The van der Waals surface area contributed by atoms with Crippen LogP contribution in [0.1, 0.15) is 0 Å². The molecule has 1 aliphatic heterocycles. The molecule has 0 aromatic heterocycles. The van der Waals surface area contributed by atoms with Crippen LogP contribution < -0.4 is 14.5 Å². The summed E-state index contributed by atoms with van der Waals surface area (Å²) in [5.74, 6) is -0.388. The number of benzene rings is 3. The van der Waals surface area contributed by atoms with Gasteiger partial charge in [0.05, 0.1) is 10.6 Å². The molecule has 1 N–H and O–H groups in total. The molecule has 1 amide bonds. The smallest absolute Gasteiger partial charge is 0.265 e. The van der Waals surface area contributed by atoms with Gasteiger partial charge >= 0.3 is 0 Å². The molecule has 0 aliphatic carbocycles. The van der Waals surface area contributed by atoms with Crippen LogP contribution in [-0.2, 0) is 14.8 Å². The summed E-state index contributed by atoms with van der Waals surface area (Å²) < 4.78 is 27.0. The number of rotatable bonds is 4. The van der Waals surface area contributed by atoms with E-state index < -0.39 is 10.0 Å². The Morgan fingerprint density at radius 3 is 2.33 bits per heavy atom. The minimum Gasteiger partial charge on any atom is -0.378 e. The Balaban J connectivity index is 1.60. The van der Waals surface area contributed by atoms with Crippen molar-refractivity contribution in [3.63, 3.8) is 0 Å². The van der Waals surface area contributed by atoms with Crippen LogP contribution in [0.4, 0.5) is 17.1 Å². The topological polar surface area (TPSA) is 69.7 Å². The molecule has 0 saturated carbocycles. The summed E-state index contributed by atoms with van der Waals surface area (Å²) in [5, 5.41) is 4.28. The average Bonchev–Trinajstić information content (AvgIpc) is 2.86. The van der Waals surface area contributed by atoms with Crippen molar-refractivity contribution >= 4 is 43.8 Å². The maximum Gasteiger partial charge on any atom is 0.265 e. The Morgan fingerprint density at radius 1 is 1.00 bits per heavy atom. The molecule has 0 saturated heterocycles. The first-order chi connectivity index (χ1) is 12.9. The van der Waals surface area contributed by atoms with E-state index in [2.05, 4.69) is 5.32 Å². The third kappa shape index (κ3) is 2.90. The fraction of sp³-hybridized carbons (Fsp3) is 0.150. The fourth-order valence-corrected chi connectivity index (χ4v) is 4.97. The van der Waals surface area contributed by atoms with Crippen molar-refractivity contribution in [3.8, 4) is 0 Å². The lowest BCUT2D eigenvalue weighted by atomic mass is 10.1. The molecule has 27 heavy (non-hydrogen) atoms. The van der Waals surface area contributed by atoms with Crippen LogP contribution >= 0.6 is 0 Å². The molecule has 0 atom stereocenters. The highest BCUT2D eigenvalue weighted by molar-refractivity contribution is 7.93. The van der Waals surface area contributed by atoms with E-state index in [9.17, 15) is 13.2 Å². The van der Waals surface area contributed by atoms with Gasteiger partial charge < -0.3 is 10.2 Å². The van der Waals surface area contributed by atoms with Crippen LogP contribution in [0.15, 0.2) is 65.6 Å². The molecule has 0 spiro atoms. The van der Waals surface area contributed by atoms with Gasteiger partial charge in [0, 0.05) is 30.9 Å². The monoisotopic (exact) mass is 381 g/mol. The summed E-state index contributed by atoms with van der Waals surface area (Å²) >= 11 is 0. The zero-order chi connectivity index (χ0) is 19.2. The molecule has 0 radical (unpaired) electrons. The van der Waals surface area contributed by atoms with Crippen LogP contribution in [0, 0.1) is 0 Å². The maximum absolute atomic E-state index is 12.9. The number of hydrogen-bond acceptors (Lipinski definition) is 4. The lowest BCUT2D eigenvalue weighted by molar-refractivity contribution is -0.114. The van der Waals surface area contributed by atoms with E-state index in [0.29, 0.717) is 16.8 Å². The van der Waals surface area contributed by atoms with E-state index >= 15 is 0 Å². The molecule has 7 heteroatoms. The van der Waals surface area contributed by atoms with Gasteiger partial charge in [-0.05, 0) is 41.8 Å². The number of anilines is 3. The van der Waals surface area contributed by atoms with Gasteiger partial charge in [0.15, 0.2) is 0 Å². The molecule has 0 fully saturated rings. The van der Waals surface area contributed by atoms with Gasteiger partial charge in [0.1, 0.15) is 6.54 Å². The largest absolute Gasteiger partial charge is 0.378 e. The second-order valence-electron chi connectivity index (χ2n) is 6.63. The van der Waals surface area contributed by atoms with Crippen molar-refractivity contribution in [1.82, 2.24) is 0 Å². The minimum atomic E-state index is -3.74. The second kappa shape index (κ2) is 6.28. The first kappa shape index (κ1) is 17.4. The van der Waals surface area contributed by atoms with Gasteiger partial charge in [-0.3, -0.25) is 9.10 Å². The summed E-state index contributed by atoms with van der Waals surface area (Å²) in [6.45, 7) is -0.272. The van der Waals surface area contributed by atoms with Crippen LogP contribution in [0.2, 0.25) is 0 Å². The fourth-order valence-electron chi connectivity index (χ4n) is 3.30. The van der Waals surface area contributed by atoms with Gasteiger partial charge in [0.2, 0.25) is 5.91 Å². The Bertz CT molecular complexity index is 1130. The minimum absolute atomic E-state index is 0.249. The van der Waals surface area contributed by atoms with Crippen LogP contribution in [0.5, 0.6) is 0 Å². The van der Waals surface area contributed by atoms with Crippen LogP contribution in [0.25, 0.3) is 10.8 Å². The molecular weight excluding hydrogens is 362 g/mol. The maximum atomic E-state index is 12.9. The SMILES string of the molecule is CN(C)c1ccc(NC(=O)CN2c3cccc4cccc(c34)S2(=O)=O)cc1. The highest BCUT2D eigenvalue weighted by Gasteiger charge is 2.36. The summed E-state index contributed by atoms with van der Waals surface area (Å²) in [7, 11) is 0.131. The van der Waals surface area contributed by atoms with Crippen molar-refractivity contribution in [2.75, 3.05) is 35.2 Å². The number of nitrogens with zero attached hydrogens (tertiary/aromatic N) is 2. The molecular formula is C20H19N3O3S. The lowest BCUT2D eigenvalue weighted by Crippen LogP contribution is -2.35. The van der Waals surface area contributed by atoms with E-state index in [1.165, 1.54) is 4.31 Å². The molecule has 3 aromatic carbocycles. The van der Waals surface area contributed by atoms with E-state index in [1.807, 2.05) is 43.3 Å². The second-order valence-corrected chi connectivity index (χ2v) is 8.46. The van der Waals surface area contributed by atoms with Crippen molar-refractivity contribution < 1.29 is 13.2 Å². The van der Waals surface area contributed by atoms with Crippen molar-refractivity contribution in [2.45, 2.75) is 4.90 Å². The van der Waals surface area contributed by atoms with Gasteiger partial charge in [-0.1, -0.05) is 24.3 Å². The number of carbonyl (C=O) groups excluding carboxylic acids is 1. The van der Waals surface area contributed by atoms with Crippen LogP contribution in [0.3, 0.4) is 0 Å². The molecule has 0 unspecified atom stereocenters. The molecule has 1 heterocycles. The van der Waals surface area contributed by atoms with Crippen LogP contribution in [-0.4, -0.2) is 35.0 Å². The van der Waals surface area contributed by atoms with Gasteiger partial charge in [-0.25, -0.2) is 8.42 Å². The van der Waals surface area contributed by atoms with Gasteiger partial charge in [-0.2, -0.15) is 0 Å². The van der Waals surface area contributed by atoms with E-state index in [0.717, 1.165) is 11.1 Å². The first-order valence-corrected chi connectivity index (χ1v) is 9.94. The molecule has 6 nitrogen and oxygen atoms in total. The van der Waals surface area contributed by atoms with Crippen molar-refractivity contribution in [2.24, 2.45) is 0 Å². The zero-order valence-electron chi connectivity index (χ0n) is 15.0. The summed E-state index contributed by atoms with van der Waals surface area (Å²) in [4.78, 5) is 14.7. The van der Waals surface area contributed by atoms with E-state index in [1.54, 1.807) is 36.4 Å². The predicted molar refractivity (Wildman–Crippen MR) is 108 cm³/mol. The molecule has 3 aromatic rings. The summed E-state index contributed by atoms with van der Waals surface area (Å²) in [6.07, 6.45) is 0. The number of carbonyl (C=O) groups is 1. The Morgan fingerprint density at radius 2 is 1.67 bits per heavy atom. The Hall–Kier alpha value is -3.06. The summed E-state index contributed by atoms with van der Waals surface area (Å²) in [6, 6.07) is 17.9. The third-order valence-corrected chi connectivity index (χ3v) is 6.44. The quantitative estimate of drug-likeness (QED) is 0.754. The number of nitrogens with one attached hydrogen (secondary N) is 1. The van der Waals surface area contributed by atoms with E-state index in [4.69, 9.17) is 0 Å².